The van der Waals surface area contributed by atoms with Gasteiger partial charge in [0.15, 0.2) is 0 Å². The Bertz CT molecular complexity index is 581. The Labute approximate surface area is 144 Å². The second kappa shape index (κ2) is 7.05. The Morgan fingerprint density at radius 3 is 2.62 bits per heavy atom. The predicted octanol–water partition coefficient (Wildman–Crippen LogP) is 1.56. The van der Waals surface area contributed by atoms with Crippen molar-refractivity contribution in [2.24, 2.45) is 5.41 Å². The van der Waals surface area contributed by atoms with E-state index in [2.05, 4.69) is 44.8 Å². The van der Waals surface area contributed by atoms with Crippen LogP contribution < -0.4 is 4.90 Å². The highest BCUT2D eigenvalue weighted by molar-refractivity contribution is 5.77. The third kappa shape index (κ3) is 3.86. The Morgan fingerprint density at radius 1 is 1.21 bits per heavy atom. The third-order valence-corrected chi connectivity index (χ3v) is 5.50. The van der Waals surface area contributed by atoms with Crippen LogP contribution in [0.4, 0.5) is 5.82 Å². The number of likely N-dealkylation sites (tertiary alicyclic amines) is 1. The van der Waals surface area contributed by atoms with Gasteiger partial charge in [0.05, 0.1) is 0 Å². The first kappa shape index (κ1) is 17.1. The van der Waals surface area contributed by atoms with Gasteiger partial charge >= 0.3 is 0 Å². The zero-order valence-electron chi connectivity index (χ0n) is 15.2. The van der Waals surface area contributed by atoms with E-state index in [0.717, 1.165) is 63.5 Å². The summed E-state index contributed by atoms with van der Waals surface area (Å²) in [6.07, 6.45) is 5.68. The van der Waals surface area contributed by atoms with E-state index >= 15 is 0 Å². The molecule has 24 heavy (non-hydrogen) atoms. The van der Waals surface area contributed by atoms with Crippen LogP contribution in [-0.4, -0.2) is 72.5 Å². The van der Waals surface area contributed by atoms with E-state index in [0.29, 0.717) is 17.7 Å². The van der Waals surface area contributed by atoms with Gasteiger partial charge in [-0.3, -0.25) is 4.79 Å². The van der Waals surface area contributed by atoms with Crippen LogP contribution in [0.15, 0.2) is 12.4 Å². The van der Waals surface area contributed by atoms with E-state index in [1.165, 1.54) is 0 Å². The number of amides is 1. The number of anilines is 1. The highest BCUT2D eigenvalue weighted by atomic mass is 16.2. The summed E-state index contributed by atoms with van der Waals surface area (Å²) in [5, 5.41) is 0. The normalized spacial score (nSPS) is 20.9. The van der Waals surface area contributed by atoms with E-state index in [-0.39, 0.29) is 0 Å². The molecule has 3 rings (SSSR count). The predicted molar refractivity (Wildman–Crippen MR) is 95.0 cm³/mol. The third-order valence-electron chi connectivity index (χ3n) is 5.50. The molecule has 2 fully saturated rings. The fourth-order valence-corrected chi connectivity index (χ4v) is 3.86. The second-order valence-corrected chi connectivity index (χ2v) is 7.62. The van der Waals surface area contributed by atoms with Crippen molar-refractivity contribution in [2.45, 2.75) is 32.6 Å². The van der Waals surface area contributed by atoms with Gasteiger partial charge in [-0.15, -0.1) is 0 Å². The molecular formula is C18H29N5O. The monoisotopic (exact) mass is 331 g/mol. The molecule has 2 saturated heterocycles. The van der Waals surface area contributed by atoms with Gasteiger partial charge in [-0.25, -0.2) is 9.97 Å². The zero-order chi connectivity index (χ0) is 17.2. The summed E-state index contributed by atoms with van der Waals surface area (Å²) in [6, 6.07) is 2.06. The van der Waals surface area contributed by atoms with Crippen LogP contribution in [0.1, 0.15) is 31.4 Å². The standard InChI is InChI=1S/C18H29N5O/c1-15-12-16(20-14-19-15)22-8-6-18(7-9-22)5-4-17(24)23(13-18)11-10-21(2)3/h12,14H,4-11,13H2,1-3H3. The molecule has 3 heterocycles. The average molecular weight is 331 g/mol. The first-order chi connectivity index (χ1) is 11.5. The first-order valence-electron chi connectivity index (χ1n) is 8.94. The average Bonchev–Trinajstić information content (AvgIpc) is 2.56. The molecule has 0 radical (unpaired) electrons. The van der Waals surface area contributed by atoms with Crippen molar-refractivity contribution in [3.05, 3.63) is 18.1 Å². The van der Waals surface area contributed by atoms with Gasteiger partial charge in [0, 0.05) is 50.9 Å². The minimum absolute atomic E-state index is 0.304. The van der Waals surface area contributed by atoms with E-state index in [1.54, 1.807) is 6.33 Å². The van der Waals surface area contributed by atoms with Crippen molar-refractivity contribution in [1.29, 1.82) is 0 Å². The summed E-state index contributed by atoms with van der Waals surface area (Å²) in [5.74, 6) is 1.37. The van der Waals surface area contributed by atoms with Crippen LogP contribution >= 0.6 is 0 Å². The van der Waals surface area contributed by atoms with E-state index in [4.69, 9.17) is 0 Å². The highest BCUT2D eigenvalue weighted by Crippen LogP contribution is 2.40. The van der Waals surface area contributed by atoms with Crippen molar-refractivity contribution in [2.75, 3.05) is 51.7 Å². The maximum Gasteiger partial charge on any atom is 0.222 e. The number of hydrogen-bond donors (Lipinski definition) is 0. The number of hydrogen-bond acceptors (Lipinski definition) is 5. The Morgan fingerprint density at radius 2 is 1.96 bits per heavy atom. The number of aryl methyl sites for hydroxylation is 1. The van der Waals surface area contributed by atoms with Gasteiger partial charge in [-0.2, -0.15) is 0 Å². The van der Waals surface area contributed by atoms with Gasteiger partial charge in [0.2, 0.25) is 5.91 Å². The molecule has 0 aromatic carbocycles. The van der Waals surface area contributed by atoms with Crippen molar-refractivity contribution in [3.63, 3.8) is 0 Å². The minimum atomic E-state index is 0.304. The Hall–Kier alpha value is -1.69. The quantitative estimate of drug-likeness (QED) is 0.838. The molecule has 0 saturated carbocycles. The number of carbonyl (C=O) groups is 1. The molecular weight excluding hydrogens is 302 g/mol. The maximum absolute atomic E-state index is 12.2. The summed E-state index contributed by atoms with van der Waals surface area (Å²) in [6.45, 7) is 6.76. The SMILES string of the molecule is Cc1cc(N2CCC3(CCC(=O)N(CCN(C)C)C3)CC2)ncn1. The minimum Gasteiger partial charge on any atom is -0.356 e. The van der Waals surface area contributed by atoms with Crippen LogP contribution in [0, 0.1) is 12.3 Å². The summed E-state index contributed by atoms with van der Waals surface area (Å²) in [5.41, 5.74) is 1.32. The van der Waals surface area contributed by atoms with Gasteiger partial charge < -0.3 is 14.7 Å². The van der Waals surface area contributed by atoms with Crippen LogP contribution in [0.25, 0.3) is 0 Å². The van der Waals surface area contributed by atoms with Gasteiger partial charge in [0.25, 0.3) is 0 Å². The topological polar surface area (TPSA) is 52.6 Å². The van der Waals surface area contributed by atoms with Crippen LogP contribution in [0.3, 0.4) is 0 Å². The van der Waals surface area contributed by atoms with Crippen molar-refractivity contribution >= 4 is 11.7 Å². The molecule has 0 unspecified atom stereocenters. The smallest absolute Gasteiger partial charge is 0.222 e. The summed E-state index contributed by atoms with van der Waals surface area (Å²) in [7, 11) is 4.12. The van der Waals surface area contributed by atoms with Crippen LogP contribution in [0.5, 0.6) is 0 Å². The van der Waals surface area contributed by atoms with E-state index in [9.17, 15) is 4.79 Å². The van der Waals surface area contributed by atoms with Crippen molar-refractivity contribution in [1.82, 2.24) is 19.8 Å². The Kier molecular flexibility index (Phi) is 5.04. The van der Waals surface area contributed by atoms with Crippen molar-refractivity contribution in [3.8, 4) is 0 Å². The fourth-order valence-electron chi connectivity index (χ4n) is 3.86. The molecule has 0 aliphatic carbocycles. The summed E-state index contributed by atoms with van der Waals surface area (Å²) < 4.78 is 0. The molecule has 0 N–H and O–H groups in total. The number of aromatic nitrogens is 2. The molecule has 1 spiro atoms. The lowest BCUT2D eigenvalue weighted by molar-refractivity contribution is -0.138. The molecule has 6 heteroatoms. The van der Waals surface area contributed by atoms with Crippen molar-refractivity contribution < 1.29 is 4.79 Å². The Balaban J connectivity index is 1.61. The summed E-state index contributed by atoms with van der Waals surface area (Å²) >= 11 is 0. The maximum atomic E-state index is 12.2. The zero-order valence-corrected chi connectivity index (χ0v) is 15.2. The number of carbonyl (C=O) groups excluding carboxylic acids is 1. The lowest BCUT2D eigenvalue weighted by Crippen LogP contribution is -2.52. The molecule has 1 aromatic heterocycles. The number of likely N-dealkylation sites (N-methyl/N-ethyl adjacent to an activating group) is 1. The van der Waals surface area contributed by atoms with Gasteiger partial charge in [-0.1, -0.05) is 0 Å². The molecule has 2 aliphatic rings. The van der Waals surface area contributed by atoms with E-state index in [1.807, 2.05) is 6.92 Å². The molecule has 0 atom stereocenters. The first-order valence-corrected chi connectivity index (χ1v) is 8.94. The molecule has 1 aromatic rings. The summed E-state index contributed by atoms with van der Waals surface area (Å²) in [4.78, 5) is 27.4. The molecule has 132 valence electrons. The number of nitrogens with zero attached hydrogens (tertiary/aromatic N) is 5. The molecule has 2 aliphatic heterocycles. The lowest BCUT2D eigenvalue weighted by Gasteiger charge is -2.47. The molecule has 6 nitrogen and oxygen atoms in total. The van der Waals surface area contributed by atoms with E-state index < -0.39 is 0 Å². The number of piperidine rings is 2. The second-order valence-electron chi connectivity index (χ2n) is 7.62. The van der Waals surface area contributed by atoms with Gasteiger partial charge in [0.1, 0.15) is 12.1 Å². The highest BCUT2D eigenvalue weighted by Gasteiger charge is 2.41. The largest absolute Gasteiger partial charge is 0.356 e. The molecule has 0 bridgehead atoms. The van der Waals surface area contributed by atoms with Crippen LogP contribution in [-0.2, 0) is 4.79 Å². The molecule has 1 amide bonds. The van der Waals surface area contributed by atoms with Gasteiger partial charge in [-0.05, 0) is 45.7 Å². The van der Waals surface area contributed by atoms with Crippen LogP contribution in [0.2, 0.25) is 0 Å². The number of rotatable bonds is 4. The fraction of sp³-hybridized carbons (Fsp3) is 0.722. The lowest BCUT2D eigenvalue weighted by atomic mass is 9.72.